The van der Waals surface area contributed by atoms with Crippen LogP contribution in [0.3, 0.4) is 0 Å². The van der Waals surface area contributed by atoms with E-state index in [2.05, 4.69) is 19.7 Å². The van der Waals surface area contributed by atoms with Gasteiger partial charge in [-0.25, -0.2) is 23.4 Å². The second kappa shape index (κ2) is 9.56. The quantitative estimate of drug-likeness (QED) is 0.416. The fourth-order valence-electron chi connectivity index (χ4n) is 2.66. The molecule has 0 fully saturated rings. The van der Waals surface area contributed by atoms with Gasteiger partial charge in [0, 0.05) is 25.4 Å². The third-order valence-corrected chi connectivity index (χ3v) is 6.32. The maximum absolute atomic E-state index is 13.1. The first-order valence-corrected chi connectivity index (χ1v) is 11.4. The molecule has 3 aromatic rings. The number of halogens is 5. The predicted molar refractivity (Wildman–Crippen MR) is 111 cm³/mol. The van der Waals surface area contributed by atoms with Crippen LogP contribution in [0.4, 0.5) is 22.0 Å². The van der Waals surface area contributed by atoms with Crippen molar-refractivity contribution in [2.24, 2.45) is 7.05 Å². The van der Waals surface area contributed by atoms with Gasteiger partial charge in [-0.05, 0) is 6.07 Å². The number of hydrogen-bond donors (Lipinski definition) is 0. The van der Waals surface area contributed by atoms with Crippen molar-refractivity contribution in [3.05, 3.63) is 53.2 Å². The van der Waals surface area contributed by atoms with Gasteiger partial charge in [0.1, 0.15) is 16.3 Å². The Bertz CT molecular complexity index is 1380. The van der Waals surface area contributed by atoms with Crippen LogP contribution >= 0.6 is 0 Å². The topological polar surface area (TPSA) is 113 Å². The smallest absolute Gasteiger partial charge is 0.456 e. The molecular formula is C20H17F5N4O5S. The predicted octanol–water partition coefficient (Wildman–Crippen LogP) is 3.40. The molecule has 0 atom stereocenters. The highest BCUT2D eigenvalue weighted by atomic mass is 32.2. The second-order valence-corrected chi connectivity index (χ2v) is 9.24. The number of aromatic nitrogens is 4. The van der Waals surface area contributed by atoms with Gasteiger partial charge in [0.2, 0.25) is 11.6 Å². The number of hydrogen-bond acceptors (Lipinski definition) is 8. The Morgan fingerprint density at radius 2 is 1.77 bits per heavy atom. The van der Waals surface area contributed by atoms with Crippen LogP contribution in [0.25, 0.3) is 11.5 Å². The number of alkyl halides is 5. The van der Waals surface area contributed by atoms with Crippen molar-refractivity contribution in [2.75, 3.05) is 12.4 Å². The molecule has 0 amide bonds. The van der Waals surface area contributed by atoms with Crippen LogP contribution in [0.15, 0.2) is 52.5 Å². The van der Waals surface area contributed by atoms with Crippen molar-refractivity contribution in [3.63, 3.8) is 0 Å². The van der Waals surface area contributed by atoms with Crippen molar-refractivity contribution in [1.29, 1.82) is 0 Å². The Kier molecular flexibility index (Phi) is 7.10. The average molecular weight is 520 g/mol. The second-order valence-electron chi connectivity index (χ2n) is 6.99. The molecular weight excluding hydrogens is 503 g/mol. The van der Waals surface area contributed by atoms with Crippen molar-refractivity contribution in [2.45, 2.75) is 23.9 Å². The Labute approximate surface area is 195 Å². The van der Waals surface area contributed by atoms with Gasteiger partial charge >= 0.3 is 12.1 Å². The van der Waals surface area contributed by atoms with Crippen LogP contribution in [-0.4, -0.2) is 52.4 Å². The SMILES string of the molecule is CCS(=O)(=O)c1cc(Oc2ccccn2)cnc1-c1ncc(OCC(F)(F)C(F)(F)F)c(=O)n1C. The van der Waals surface area contributed by atoms with Gasteiger partial charge in [-0.3, -0.25) is 9.36 Å². The standard InChI is InChI=1S/C20H17F5N4O5S/c1-3-35(31,32)14-8-12(34-15-6-4-5-7-26-15)9-27-16(14)17-28-10-13(18(30)29(17)2)33-11-19(21,22)20(23,24)25/h4-10H,3,11H2,1-2H3. The summed E-state index contributed by atoms with van der Waals surface area (Å²) in [6.45, 7) is -0.768. The summed E-state index contributed by atoms with van der Waals surface area (Å²) in [6.07, 6.45) is -2.65. The lowest BCUT2D eigenvalue weighted by Crippen LogP contribution is -2.42. The van der Waals surface area contributed by atoms with Crippen LogP contribution in [0, 0.1) is 0 Å². The minimum Gasteiger partial charge on any atom is -0.480 e. The summed E-state index contributed by atoms with van der Waals surface area (Å²) >= 11 is 0. The molecule has 3 rings (SSSR count). The van der Waals surface area contributed by atoms with Crippen molar-refractivity contribution in [1.82, 2.24) is 19.5 Å². The Hall–Kier alpha value is -3.62. The number of sulfone groups is 1. The van der Waals surface area contributed by atoms with Gasteiger partial charge in [0.05, 0.1) is 18.1 Å². The summed E-state index contributed by atoms with van der Waals surface area (Å²) in [5.41, 5.74) is -1.41. The molecule has 15 heteroatoms. The first kappa shape index (κ1) is 26.0. The van der Waals surface area contributed by atoms with Crippen molar-refractivity contribution >= 4 is 9.84 Å². The highest BCUT2D eigenvalue weighted by Gasteiger charge is 2.58. The monoisotopic (exact) mass is 520 g/mol. The summed E-state index contributed by atoms with van der Waals surface area (Å²) in [6, 6.07) is 5.96. The number of nitrogens with zero attached hydrogens (tertiary/aromatic N) is 4. The lowest BCUT2D eigenvalue weighted by molar-refractivity contribution is -0.290. The minimum atomic E-state index is -5.88. The molecule has 0 unspecified atom stereocenters. The first-order valence-electron chi connectivity index (χ1n) is 9.72. The van der Waals surface area contributed by atoms with Gasteiger partial charge in [-0.2, -0.15) is 22.0 Å². The summed E-state index contributed by atoms with van der Waals surface area (Å²) in [5, 5.41) is 0. The Balaban J connectivity index is 2.02. The summed E-state index contributed by atoms with van der Waals surface area (Å²) in [7, 11) is -2.85. The van der Waals surface area contributed by atoms with E-state index in [1.807, 2.05) is 0 Å². The zero-order valence-corrected chi connectivity index (χ0v) is 18.9. The van der Waals surface area contributed by atoms with Gasteiger partial charge < -0.3 is 9.47 Å². The maximum Gasteiger partial charge on any atom is 0.456 e. The van der Waals surface area contributed by atoms with Crippen LogP contribution in [0.1, 0.15) is 6.92 Å². The van der Waals surface area contributed by atoms with Crippen molar-refractivity contribution < 1.29 is 39.8 Å². The Morgan fingerprint density at radius 3 is 2.37 bits per heavy atom. The molecule has 3 aromatic heterocycles. The molecule has 0 saturated heterocycles. The van der Waals surface area contributed by atoms with E-state index in [9.17, 15) is 35.2 Å². The maximum atomic E-state index is 13.1. The van der Waals surface area contributed by atoms with Crippen molar-refractivity contribution in [3.8, 4) is 28.9 Å². The van der Waals surface area contributed by atoms with E-state index in [4.69, 9.17) is 4.74 Å². The van der Waals surface area contributed by atoms with Gasteiger partial charge in [-0.1, -0.05) is 13.0 Å². The van der Waals surface area contributed by atoms with Gasteiger partial charge in [0.15, 0.2) is 22.3 Å². The molecule has 3 heterocycles. The largest absolute Gasteiger partial charge is 0.480 e. The minimum absolute atomic E-state index is 0.0128. The summed E-state index contributed by atoms with van der Waals surface area (Å²) < 4.78 is 99.4. The van der Waals surface area contributed by atoms with Crippen LogP contribution in [0.5, 0.6) is 17.4 Å². The molecule has 9 nitrogen and oxygen atoms in total. The fourth-order valence-corrected chi connectivity index (χ4v) is 3.71. The normalized spacial score (nSPS) is 12.4. The molecule has 0 radical (unpaired) electrons. The molecule has 0 aliphatic carbocycles. The van der Waals surface area contributed by atoms with Crippen LogP contribution < -0.4 is 15.0 Å². The average Bonchev–Trinajstić information content (AvgIpc) is 2.80. The van der Waals surface area contributed by atoms with Crippen LogP contribution in [0.2, 0.25) is 0 Å². The fraction of sp³-hybridized carbons (Fsp3) is 0.300. The molecule has 0 aliphatic rings. The van der Waals surface area contributed by atoms with E-state index in [0.717, 1.165) is 23.9 Å². The number of ether oxygens (including phenoxy) is 2. The molecule has 0 spiro atoms. The lowest BCUT2D eigenvalue weighted by atomic mass is 10.3. The molecule has 188 valence electrons. The van der Waals surface area contributed by atoms with E-state index >= 15 is 0 Å². The van der Waals surface area contributed by atoms with E-state index in [-0.39, 0.29) is 33.8 Å². The van der Waals surface area contributed by atoms with Crippen LogP contribution in [-0.2, 0) is 16.9 Å². The molecule has 35 heavy (non-hydrogen) atoms. The molecule has 0 aromatic carbocycles. The molecule has 0 saturated carbocycles. The highest BCUT2D eigenvalue weighted by Crippen LogP contribution is 2.35. The first-order chi connectivity index (χ1) is 16.3. The van der Waals surface area contributed by atoms with E-state index in [1.54, 1.807) is 12.1 Å². The number of rotatable bonds is 8. The summed E-state index contributed by atoms with van der Waals surface area (Å²) in [4.78, 5) is 24.0. The highest BCUT2D eigenvalue weighted by molar-refractivity contribution is 7.91. The lowest BCUT2D eigenvalue weighted by Gasteiger charge is -2.19. The zero-order chi connectivity index (χ0) is 26.0. The third kappa shape index (κ3) is 5.55. The third-order valence-electron chi connectivity index (χ3n) is 4.58. The van der Waals surface area contributed by atoms with E-state index in [0.29, 0.717) is 6.20 Å². The van der Waals surface area contributed by atoms with Gasteiger partial charge in [0.25, 0.3) is 5.56 Å². The molecule has 0 bridgehead atoms. The summed E-state index contributed by atoms with van der Waals surface area (Å²) in [5.74, 6) is -6.58. The van der Waals surface area contributed by atoms with Gasteiger partial charge in [-0.15, -0.1) is 0 Å². The zero-order valence-electron chi connectivity index (χ0n) is 18.1. The molecule has 0 aliphatic heterocycles. The van der Waals surface area contributed by atoms with E-state index in [1.165, 1.54) is 19.2 Å². The van der Waals surface area contributed by atoms with E-state index < -0.39 is 39.9 Å². The number of pyridine rings is 2. The molecule has 0 N–H and O–H groups in total. The Morgan fingerprint density at radius 1 is 1.06 bits per heavy atom.